The summed E-state index contributed by atoms with van der Waals surface area (Å²) >= 11 is 0. The smallest absolute Gasteiger partial charge is 0.457 e. The first-order chi connectivity index (χ1) is 33.4. The normalized spacial score (nSPS) is 13.1. The molecule has 0 rings (SSSR count). The molecule has 0 aliphatic rings. The summed E-state index contributed by atoms with van der Waals surface area (Å²) in [5.74, 6) is -0.319. The topological polar surface area (TPSA) is 117 Å². The first-order valence-electron chi connectivity index (χ1n) is 30.5. The van der Waals surface area contributed by atoms with Gasteiger partial charge in [-0.25, -0.2) is 4.57 Å². The Morgan fingerprint density at radius 2 is 0.647 bits per heavy atom. The summed E-state index contributed by atoms with van der Waals surface area (Å²) < 4.78 is 33.7. The third-order valence-electron chi connectivity index (χ3n) is 14.0. The predicted molar refractivity (Wildman–Crippen MR) is 294 cm³/mol. The number of hydrogen-bond donors (Lipinski definition) is 2. The lowest BCUT2D eigenvalue weighted by Crippen LogP contribution is -2.28. The number of phosphoric acid groups is 1. The summed E-state index contributed by atoms with van der Waals surface area (Å²) in [5, 5.41) is 0. The van der Waals surface area contributed by atoms with E-state index in [0.29, 0.717) is 13.0 Å². The molecule has 0 radical (unpaired) electrons. The molecule has 0 spiro atoms. The first kappa shape index (κ1) is 67.5. The number of carbonyl (C=O) groups excluding carboxylic acids is 1. The molecule has 9 heteroatoms. The molecule has 0 bridgehead atoms. The van der Waals surface area contributed by atoms with E-state index in [9.17, 15) is 14.3 Å². The highest BCUT2D eigenvalue weighted by Crippen LogP contribution is 2.43. The molecule has 0 amide bonds. The van der Waals surface area contributed by atoms with Crippen LogP contribution in [0.5, 0.6) is 0 Å². The second-order valence-corrected chi connectivity index (χ2v) is 22.4. The van der Waals surface area contributed by atoms with E-state index in [2.05, 4.69) is 13.8 Å². The molecule has 3 N–H and O–H groups in total. The van der Waals surface area contributed by atoms with Crippen molar-refractivity contribution in [2.24, 2.45) is 5.73 Å². The van der Waals surface area contributed by atoms with Crippen LogP contribution in [0.3, 0.4) is 0 Å². The molecule has 0 saturated heterocycles. The number of unbranched alkanes of at least 4 members (excludes halogenated alkanes) is 47. The van der Waals surface area contributed by atoms with Crippen molar-refractivity contribution in [3.05, 3.63) is 0 Å². The van der Waals surface area contributed by atoms with Crippen LogP contribution in [0.25, 0.3) is 0 Å². The largest absolute Gasteiger partial charge is 0.472 e. The fraction of sp³-hybridized carbons (Fsp3) is 0.983. The Balaban J connectivity index is 3.70. The van der Waals surface area contributed by atoms with Gasteiger partial charge in [0.1, 0.15) is 6.10 Å². The molecule has 1 unspecified atom stereocenters. The average molecular weight is 987 g/mol. The minimum Gasteiger partial charge on any atom is -0.457 e. The summed E-state index contributed by atoms with van der Waals surface area (Å²) in [6.45, 7) is 5.02. The van der Waals surface area contributed by atoms with Crippen LogP contribution in [0.4, 0.5) is 0 Å². The second-order valence-electron chi connectivity index (χ2n) is 20.9. The lowest BCUT2D eigenvalue weighted by molar-refractivity contribution is -0.154. The van der Waals surface area contributed by atoms with Crippen LogP contribution in [0.1, 0.15) is 335 Å². The van der Waals surface area contributed by atoms with Crippen molar-refractivity contribution in [3.8, 4) is 0 Å². The van der Waals surface area contributed by atoms with E-state index >= 15 is 0 Å². The SMILES string of the molecule is CCCCCCCCCCCCCCCCCCCCCCCCCCCCCCCCCCCC(=O)O[C@H](COCCCCCCCCCCCCCCCCCC)COP(=O)(O)OCCN. The van der Waals surface area contributed by atoms with Gasteiger partial charge in [-0.1, -0.05) is 316 Å². The van der Waals surface area contributed by atoms with Gasteiger partial charge < -0.3 is 20.1 Å². The quantitative estimate of drug-likeness (QED) is 0.0352. The molecule has 0 aliphatic heterocycles. The van der Waals surface area contributed by atoms with E-state index in [4.69, 9.17) is 24.3 Å². The van der Waals surface area contributed by atoms with Gasteiger partial charge in [0.25, 0.3) is 0 Å². The number of esters is 1. The minimum atomic E-state index is -4.28. The van der Waals surface area contributed by atoms with Gasteiger partial charge in [-0.2, -0.15) is 0 Å². The molecule has 0 aromatic carbocycles. The summed E-state index contributed by atoms with van der Waals surface area (Å²) in [7, 11) is -4.28. The lowest BCUT2D eigenvalue weighted by Gasteiger charge is -2.20. The molecule has 408 valence electrons. The minimum absolute atomic E-state index is 0.0896. The Morgan fingerprint density at radius 3 is 0.926 bits per heavy atom. The molecule has 0 saturated carbocycles. The fourth-order valence-electron chi connectivity index (χ4n) is 9.53. The zero-order valence-corrected chi connectivity index (χ0v) is 46.8. The van der Waals surface area contributed by atoms with Crippen molar-refractivity contribution < 1.29 is 32.8 Å². The molecular formula is C59H120NO7P. The van der Waals surface area contributed by atoms with Crippen molar-refractivity contribution in [2.75, 3.05) is 33.0 Å². The highest BCUT2D eigenvalue weighted by Gasteiger charge is 2.25. The van der Waals surface area contributed by atoms with Crippen molar-refractivity contribution in [2.45, 2.75) is 341 Å². The Labute approximate surface area is 424 Å². The van der Waals surface area contributed by atoms with Crippen molar-refractivity contribution in [1.82, 2.24) is 0 Å². The van der Waals surface area contributed by atoms with Gasteiger partial charge in [0.2, 0.25) is 0 Å². The Hall–Kier alpha value is -0.500. The number of rotatable bonds is 60. The molecule has 0 aromatic rings. The Morgan fingerprint density at radius 1 is 0.382 bits per heavy atom. The van der Waals surface area contributed by atoms with Crippen LogP contribution in [0.15, 0.2) is 0 Å². The second kappa shape index (κ2) is 57.4. The van der Waals surface area contributed by atoms with E-state index in [1.54, 1.807) is 0 Å². The number of carbonyl (C=O) groups is 1. The molecule has 8 nitrogen and oxygen atoms in total. The maximum Gasteiger partial charge on any atom is 0.472 e. The number of ether oxygens (including phenoxy) is 2. The molecule has 0 aliphatic carbocycles. The number of nitrogens with two attached hydrogens (primary N) is 1. The van der Waals surface area contributed by atoms with E-state index in [1.807, 2.05) is 0 Å². The molecule has 0 fully saturated rings. The van der Waals surface area contributed by atoms with Crippen LogP contribution in [-0.4, -0.2) is 49.9 Å². The standard InChI is InChI=1S/C59H120NO7P/c1-3-5-7-9-11-13-15-17-19-21-22-23-24-25-26-27-28-29-30-31-32-33-34-35-36-37-38-40-42-44-46-48-50-52-59(61)67-58(57-66-68(62,63)65-55-53-60)56-64-54-51-49-47-45-43-41-39-20-18-16-14-12-10-8-6-4-2/h58H,3-57,60H2,1-2H3,(H,62,63)/t58-/m1/s1. The predicted octanol–water partition coefficient (Wildman–Crippen LogP) is 19.6. The van der Waals surface area contributed by atoms with E-state index in [-0.39, 0.29) is 32.3 Å². The summed E-state index contributed by atoms with van der Waals surface area (Å²) in [6.07, 6.45) is 66.1. The Kier molecular flexibility index (Phi) is 57.0. The van der Waals surface area contributed by atoms with Gasteiger partial charge in [-0.05, 0) is 12.8 Å². The molecule has 68 heavy (non-hydrogen) atoms. The van der Waals surface area contributed by atoms with E-state index < -0.39 is 13.9 Å². The zero-order valence-electron chi connectivity index (χ0n) is 45.9. The van der Waals surface area contributed by atoms with Crippen LogP contribution < -0.4 is 5.73 Å². The van der Waals surface area contributed by atoms with Crippen LogP contribution >= 0.6 is 7.82 Å². The summed E-state index contributed by atoms with van der Waals surface area (Å²) in [4.78, 5) is 22.7. The summed E-state index contributed by atoms with van der Waals surface area (Å²) in [5.41, 5.74) is 5.40. The van der Waals surface area contributed by atoms with Gasteiger partial charge in [-0.15, -0.1) is 0 Å². The maximum atomic E-state index is 12.7. The van der Waals surface area contributed by atoms with Crippen molar-refractivity contribution >= 4 is 13.8 Å². The molecular weight excluding hydrogens is 866 g/mol. The molecule has 0 heterocycles. The van der Waals surface area contributed by atoms with Crippen LogP contribution in [-0.2, 0) is 27.9 Å². The zero-order chi connectivity index (χ0) is 49.4. The third-order valence-corrected chi connectivity index (χ3v) is 15.0. The van der Waals surface area contributed by atoms with Crippen LogP contribution in [0.2, 0.25) is 0 Å². The van der Waals surface area contributed by atoms with Gasteiger partial charge in [0.05, 0.1) is 19.8 Å². The summed E-state index contributed by atoms with van der Waals surface area (Å²) in [6, 6.07) is 0. The fourth-order valence-corrected chi connectivity index (χ4v) is 10.3. The molecule has 0 aromatic heterocycles. The highest BCUT2D eigenvalue weighted by atomic mass is 31.2. The van der Waals surface area contributed by atoms with E-state index in [0.717, 1.165) is 32.1 Å². The third kappa shape index (κ3) is 56.4. The maximum absolute atomic E-state index is 12.7. The van der Waals surface area contributed by atoms with Crippen molar-refractivity contribution in [3.63, 3.8) is 0 Å². The van der Waals surface area contributed by atoms with Gasteiger partial charge in [0, 0.05) is 19.6 Å². The monoisotopic (exact) mass is 986 g/mol. The number of phosphoric ester groups is 1. The lowest BCUT2D eigenvalue weighted by atomic mass is 10.0. The average Bonchev–Trinajstić information content (AvgIpc) is 3.33. The van der Waals surface area contributed by atoms with E-state index in [1.165, 1.54) is 283 Å². The molecule has 2 atom stereocenters. The van der Waals surface area contributed by atoms with Gasteiger partial charge >= 0.3 is 13.8 Å². The van der Waals surface area contributed by atoms with Gasteiger partial charge in [0.15, 0.2) is 0 Å². The van der Waals surface area contributed by atoms with Crippen molar-refractivity contribution in [1.29, 1.82) is 0 Å². The number of hydrogen-bond acceptors (Lipinski definition) is 7. The Bertz CT molecular complexity index is 1020. The highest BCUT2D eigenvalue weighted by molar-refractivity contribution is 7.47. The van der Waals surface area contributed by atoms with Crippen LogP contribution in [0, 0.1) is 0 Å². The first-order valence-corrected chi connectivity index (χ1v) is 32.0. The van der Waals surface area contributed by atoms with Gasteiger partial charge in [-0.3, -0.25) is 13.8 Å².